The summed E-state index contributed by atoms with van der Waals surface area (Å²) in [6.07, 6.45) is 0. The topological polar surface area (TPSA) is 26.0 Å². The molecule has 0 aromatic heterocycles. The van der Waals surface area contributed by atoms with E-state index < -0.39 is 0 Å². The van der Waals surface area contributed by atoms with Crippen LogP contribution in [0.2, 0.25) is 0 Å². The summed E-state index contributed by atoms with van der Waals surface area (Å²) >= 11 is 0. The van der Waals surface area contributed by atoms with Gasteiger partial charge in [-0.25, -0.2) is 0 Å². The van der Waals surface area contributed by atoms with Crippen molar-refractivity contribution in [2.24, 2.45) is 5.73 Å². The molecule has 2 aromatic carbocycles. The zero-order chi connectivity index (χ0) is 12.3. The van der Waals surface area contributed by atoms with Gasteiger partial charge in [-0.3, -0.25) is 0 Å². The zero-order valence-corrected chi connectivity index (χ0v) is 10.4. The first-order valence-electron chi connectivity index (χ1n) is 6.01. The van der Waals surface area contributed by atoms with Crippen molar-refractivity contribution in [3.63, 3.8) is 0 Å². The maximum Gasteiger partial charge on any atom is 0.0447 e. The van der Waals surface area contributed by atoms with Crippen LogP contribution in [-0.4, -0.2) is 0 Å². The van der Waals surface area contributed by atoms with E-state index in [9.17, 15) is 0 Å². The molecule has 2 atom stereocenters. The molecule has 0 unspecified atom stereocenters. The average Bonchev–Trinajstić information content (AvgIpc) is 2.40. The Morgan fingerprint density at radius 3 is 1.88 bits per heavy atom. The Morgan fingerprint density at radius 1 is 0.882 bits per heavy atom. The molecule has 2 rings (SSSR count). The number of benzene rings is 2. The molecule has 0 saturated carbocycles. The summed E-state index contributed by atoms with van der Waals surface area (Å²) in [5.41, 5.74) is 8.63. The fourth-order valence-electron chi connectivity index (χ4n) is 2.14. The molecule has 0 aliphatic carbocycles. The third kappa shape index (κ3) is 2.40. The van der Waals surface area contributed by atoms with E-state index in [2.05, 4.69) is 50.2 Å². The Morgan fingerprint density at radius 2 is 1.35 bits per heavy atom. The van der Waals surface area contributed by atoms with Gasteiger partial charge in [-0.1, -0.05) is 67.6 Å². The first kappa shape index (κ1) is 11.9. The lowest BCUT2D eigenvalue weighted by Gasteiger charge is -2.32. The van der Waals surface area contributed by atoms with Crippen LogP contribution < -0.4 is 5.73 Å². The van der Waals surface area contributed by atoms with Crippen molar-refractivity contribution >= 4 is 0 Å². The lowest BCUT2D eigenvalue weighted by atomic mass is 9.78. The molecule has 0 saturated heterocycles. The van der Waals surface area contributed by atoms with E-state index >= 15 is 0 Å². The van der Waals surface area contributed by atoms with Crippen molar-refractivity contribution in [1.82, 2.24) is 0 Å². The molecule has 0 aliphatic rings. The molecule has 0 heterocycles. The lowest BCUT2D eigenvalue weighted by Crippen LogP contribution is -2.38. The molecular formula is C16H19N. The van der Waals surface area contributed by atoms with Gasteiger partial charge in [0.25, 0.3) is 0 Å². The fraction of sp³-hybridized carbons (Fsp3) is 0.250. The lowest BCUT2D eigenvalue weighted by molar-refractivity contribution is 0.411. The van der Waals surface area contributed by atoms with Crippen LogP contribution in [0.3, 0.4) is 0 Å². The average molecular weight is 225 g/mol. The highest BCUT2D eigenvalue weighted by atomic mass is 14.7. The minimum absolute atomic E-state index is 0.283. The molecule has 1 heteroatoms. The van der Waals surface area contributed by atoms with Crippen LogP contribution in [0.4, 0.5) is 0 Å². The second kappa shape index (κ2) is 4.72. The van der Waals surface area contributed by atoms with Crippen LogP contribution in [0.15, 0.2) is 60.7 Å². The van der Waals surface area contributed by atoms with Gasteiger partial charge in [-0.05, 0) is 18.1 Å². The highest BCUT2D eigenvalue weighted by molar-refractivity contribution is 5.31. The third-order valence-electron chi connectivity index (χ3n) is 3.59. The van der Waals surface area contributed by atoms with Crippen molar-refractivity contribution in [2.75, 3.05) is 0 Å². The van der Waals surface area contributed by atoms with Crippen LogP contribution in [0.1, 0.15) is 30.9 Å². The Labute approximate surface area is 103 Å². The minimum atomic E-state index is -0.345. The molecular weight excluding hydrogens is 206 g/mol. The van der Waals surface area contributed by atoms with Crippen molar-refractivity contribution in [1.29, 1.82) is 0 Å². The summed E-state index contributed by atoms with van der Waals surface area (Å²) < 4.78 is 0. The first-order valence-corrected chi connectivity index (χ1v) is 6.01. The Kier molecular flexibility index (Phi) is 3.30. The van der Waals surface area contributed by atoms with Crippen molar-refractivity contribution in [2.45, 2.75) is 25.3 Å². The second-order valence-corrected chi connectivity index (χ2v) is 4.78. The summed E-state index contributed by atoms with van der Waals surface area (Å²) in [5.74, 6) is 0.283. The van der Waals surface area contributed by atoms with E-state index in [1.807, 2.05) is 24.3 Å². The molecule has 0 aliphatic heterocycles. The monoisotopic (exact) mass is 225 g/mol. The fourth-order valence-corrected chi connectivity index (χ4v) is 2.14. The Bertz CT molecular complexity index is 459. The van der Waals surface area contributed by atoms with Crippen LogP contribution in [0.25, 0.3) is 0 Å². The molecule has 0 radical (unpaired) electrons. The second-order valence-electron chi connectivity index (χ2n) is 4.78. The normalized spacial score (nSPS) is 16.2. The van der Waals surface area contributed by atoms with Crippen molar-refractivity contribution in [3.8, 4) is 0 Å². The molecule has 88 valence electrons. The van der Waals surface area contributed by atoms with Crippen molar-refractivity contribution in [3.05, 3.63) is 71.8 Å². The molecule has 2 N–H and O–H groups in total. The minimum Gasteiger partial charge on any atom is -0.321 e. The van der Waals surface area contributed by atoms with Gasteiger partial charge in [0.15, 0.2) is 0 Å². The van der Waals surface area contributed by atoms with Crippen LogP contribution >= 0.6 is 0 Å². The Hall–Kier alpha value is -1.60. The van der Waals surface area contributed by atoms with E-state index in [0.717, 1.165) is 0 Å². The third-order valence-corrected chi connectivity index (χ3v) is 3.59. The number of rotatable bonds is 3. The molecule has 0 spiro atoms. The highest BCUT2D eigenvalue weighted by Gasteiger charge is 2.29. The Balaban J connectivity index is 2.33. The van der Waals surface area contributed by atoms with Gasteiger partial charge in [-0.15, -0.1) is 0 Å². The molecule has 0 fully saturated rings. The number of hydrogen-bond donors (Lipinski definition) is 1. The van der Waals surface area contributed by atoms with E-state index in [1.165, 1.54) is 11.1 Å². The predicted octanol–water partition coefficient (Wildman–Crippen LogP) is 3.66. The van der Waals surface area contributed by atoms with Gasteiger partial charge < -0.3 is 5.73 Å². The summed E-state index contributed by atoms with van der Waals surface area (Å²) in [5, 5.41) is 0. The molecule has 2 aromatic rings. The quantitative estimate of drug-likeness (QED) is 0.847. The zero-order valence-electron chi connectivity index (χ0n) is 10.4. The number of hydrogen-bond acceptors (Lipinski definition) is 1. The predicted molar refractivity (Wildman–Crippen MR) is 72.8 cm³/mol. The van der Waals surface area contributed by atoms with Crippen LogP contribution in [0.5, 0.6) is 0 Å². The van der Waals surface area contributed by atoms with E-state index in [1.54, 1.807) is 0 Å². The molecule has 1 nitrogen and oxygen atoms in total. The summed E-state index contributed by atoms with van der Waals surface area (Å²) in [4.78, 5) is 0. The smallest absolute Gasteiger partial charge is 0.0447 e. The van der Waals surface area contributed by atoms with Crippen molar-refractivity contribution < 1.29 is 0 Å². The van der Waals surface area contributed by atoms with Crippen LogP contribution in [0, 0.1) is 0 Å². The first-order chi connectivity index (χ1) is 8.12. The van der Waals surface area contributed by atoms with Gasteiger partial charge in [0.2, 0.25) is 0 Å². The summed E-state index contributed by atoms with van der Waals surface area (Å²) in [6.45, 7) is 4.28. The largest absolute Gasteiger partial charge is 0.321 e. The van der Waals surface area contributed by atoms with Gasteiger partial charge in [0.1, 0.15) is 0 Å². The van der Waals surface area contributed by atoms with Gasteiger partial charge in [0, 0.05) is 11.5 Å². The maximum atomic E-state index is 6.51. The standard InChI is InChI=1S/C16H19N/c1-13(14-9-5-3-6-10-14)16(2,17)15-11-7-4-8-12-15/h3-13H,17H2,1-2H3/t13-,16-/m1/s1. The SMILES string of the molecule is C[C@H](c1ccccc1)[C@@](C)(N)c1ccccc1. The summed E-state index contributed by atoms with van der Waals surface area (Å²) in [7, 11) is 0. The number of nitrogens with two attached hydrogens (primary N) is 1. The van der Waals surface area contributed by atoms with Crippen LogP contribution in [-0.2, 0) is 5.54 Å². The van der Waals surface area contributed by atoms with Gasteiger partial charge >= 0.3 is 0 Å². The van der Waals surface area contributed by atoms with E-state index in [4.69, 9.17) is 5.73 Å². The van der Waals surface area contributed by atoms with E-state index in [-0.39, 0.29) is 11.5 Å². The molecule has 0 amide bonds. The molecule has 17 heavy (non-hydrogen) atoms. The summed E-state index contributed by atoms with van der Waals surface area (Å²) in [6, 6.07) is 20.7. The van der Waals surface area contributed by atoms with Gasteiger partial charge in [-0.2, -0.15) is 0 Å². The van der Waals surface area contributed by atoms with E-state index in [0.29, 0.717) is 0 Å². The molecule has 0 bridgehead atoms. The maximum absolute atomic E-state index is 6.51. The highest BCUT2D eigenvalue weighted by Crippen LogP contribution is 2.33. The van der Waals surface area contributed by atoms with Gasteiger partial charge in [0.05, 0.1) is 0 Å².